The summed E-state index contributed by atoms with van der Waals surface area (Å²) >= 11 is 8.81. The molecule has 2 nitrogen and oxygen atoms in total. The van der Waals surface area contributed by atoms with Crippen LogP contribution in [0.25, 0.3) is 0 Å². The number of phenols is 1. The van der Waals surface area contributed by atoms with Crippen LogP contribution >= 0.6 is 27.5 Å². The molecule has 0 aliphatic rings. The van der Waals surface area contributed by atoms with Gasteiger partial charge >= 0.3 is 0 Å². The molecule has 0 bridgehead atoms. The first kappa shape index (κ1) is 11.5. The maximum Gasteiger partial charge on any atom is 0.147 e. The molecule has 0 radical (unpaired) electrons. The molecule has 0 heterocycles. The molecule has 0 fully saturated rings. The quantitative estimate of drug-likeness (QED) is 0.862. The Hall–Kier alpha value is -0.540. The first-order valence-corrected chi connectivity index (χ1v) is 5.53. The molecule has 1 unspecified atom stereocenters. The molecule has 1 N–H and O–H groups in total. The van der Waals surface area contributed by atoms with Crippen molar-refractivity contribution in [3.05, 3.63) is 29.3 Å². The Morgan fingerprint density at radius 2 is 2.29 bits per heavy atom. The summed E-state index contributed by atoms with van der Waals surface area (Å²) in [5.41, 5.74) is 1.41. The van der Waals surface area contributed by atoms with Gasteiger partial charge in [-0.05, 0) is 18.6 Å². The summed E-state index contributed by atoms with van der Waals surface area (Å²) in [5.74, 6) is 0.403. The minimum absolute atomic E-state index is 0.0427. The fourth-order valence-corrected chi connectivity index (χ4v) is 1.66. The molecule has 1 atom stereocenters. The molecule has 1 rings (SSSR count). The zero-order valence-electron chi connectivity index (χ0n) is 7.63. The van der Waals surface area contributed by atoms with Gasteiger partial charge in [-0.25, -0.2) is 0 Å². The second-order valence-electron chi connectivity index (χ2n) is 3.00. The lowest BCUT2D eigenvalue weighted by atomic mass is 10.1. The van der Waals surface area contributed by atoms with Crippen LogP contribution in [0.2, 0.25) is 0 Å². The predicted molar refractivity (Wildman–Crippen MR) is 60.0 cm³/mol. The van der Waals surface area contributed by atoms with E-state index in [2.05, 4.69) is 15.9 Å². The Morgan fingerprint density at radius 1 is 1.64 bits per heavy atom. The van der Waals surface area contributed by atoms with Gasteiger partial charge in [0.05, 0.1) is 0 Å². The second kappa shape index (κ2) is 4.80. The lowest BCUT2D eigenvalue weighted by Crippen LogP contribution is -2.01. The molecule has 0 amide bonds. The van der Waals surface area contributed by atoms with E-state index in [1.165, 1.54) is 6.92 Å². The molecule has 1 aromatic carbocycles. The van der Waals surface area contributed by atoms with E-state index >= 15 is 0 Å². The number of hydrogen-bond donors (Lipinski definition) is 1. The summed E-state index contributed by atoms with van der Waals surface area (Å²) in [4.78, 5) is 10.6. The van der Waals surface area contributed by atoms with Crippen molar-refractivity contribution in [2.45, 2.75) is 17.6 Å². The zero-order chi connectivity index (χ0) is 10.7. The van der Waals surface area contributed by atoms with E-state index in [0.717, 1.165) is 5.56 Å². The first-order valence-electron chi connectivity index (χ1n) is 4.08. The third-order valence-electron chi connectivity index (χ3n) is 1.88. The highest BCUT2D eigenvalue weighted by Gasteiger charge is 2.16. The van der Waals surface area contributed by atoms with Crippen molar-refractivity contribution in [2.24, 2.45) is 0 Å². The number of rotatable bonds is 3. The van der Waals surface area contributed by atoms with Gasteiger partial charge in [-0.15, -0.1) is 11.6 Å². The second-order valence-corrected chi connectivity index (χ2v) is 4.18. The van der Waals surface area contributed by atoms with Gasteiger partial charge in [-0.3, -0.25) is 4.79 Å². The number of carbonyl (C=O) groups is 1. The van der Waals surface area contributed by atoms with Gasteiger partial charge in [0.1, 0.15) is 16.4 Å². The van der Waals surface area contributed by atoms with Crippen LogP contribution < -0.4 is 0 Å². The zero-order valence-corrected chi connectivity index (χ0v) is 9.97. The molecule has 14 heavy (non-hydrogen) atoms. The highest BCUT2D eigenvalue weighted by Crippen LogP contribution is 2.31. The van der Waals surface area contributed by atoms with Crippen molar-refractivity contribution < 1.29 is 9.90 Å². The number of Topliss-reactive ketones (excluding diaryl/α,β-unsaturated/α-hetero) is 1. The van der Waals surface area contributed by atoms with Gasteiger partial charge in [0.15, 0.2) is 0 Å². The third-order valence-corrected chi connectivity index (χ3v) is 3.33. The van der Waals surface area contributed by atoms with Crippen LogP contribution in [0.3, 0.4) is 0 Å². The molecule has 0 spiro atoms. The van der Waals surface area contributed by atoms with Crippen LogP contribution in [-0.2, 0) is 10.7 Å². The van der Waals surface area contributed by atoms with E-state index < -0.39 is 4.83 Å². The normalized spacial score (nSPS) is 12.5. The smallest absolute Gasteiger partial charge is 0.147 e. The number of carbonyl (C=O) groups excluding carboxylic acids is 1. The van der Waals surface area contributed by atoms with Crippen LogP contribution in [0.5, 0.6) is 5.75 Å². The number of phenolic OH excluding ortho intramolecular Hbond substituents is 1. The lowest BCUT2D eigenvalue weighted by molar-refractivity contribution is -0.116. The van der Waals surface area contributed by atoms with Crippen molar-refractivity contribution in [1.82, 2.24) is 0 Å². The van der Waals surface area contributed by atoms with Gasteiger partial charge in [0.2, 0.25) is 0 Å². The van der Waals surface area contributed by atoms with Gasteiger partial charge in [-0.1, -0.05) is 28.1 Å². The molecule has 4 heteroatoms. The van der Waals surface area contributed by atoms with E-state index in [9.17, 15) is 9.90 Å². The topological polar surface area (TPSA) is 37.3 Å². The van der Waals surface area contributed by atoms with Crippen LogP contribution in [0.1, 0.15) is 22.9 Å². The minimum Gasteiger partial charge on any atom is -0.508 e. The number of alkyl halides is 2. The highest BCUT2D eigenvalue weighted by molar-refractivity contribution is 9.09. The Labute approximate surface area is 96.0 Å². The largest absolute Gasteiger partial charge is 0.508 e. The summed E-state index contributed by atoms with van der Waals surface area (Å²) < 4.78 is 0. The fraction of sp³-hybridized carbons (Fsp3) is 0.300. The van der Waals surface area contributed by atoms with Gasteiger partial charge in [-0.2, -0.15) is 0 Å². The Bertz CT molecular complexity index is 352. The number of halogens is 2. The average molecular weight is 278 g/mol. The summed E-state index contributed by atoms with van der Waals surface area (Å²) in [6.45, 7) is 1.47. The Kier molecular flexibility index (Phi) is 3.96. The molecular formula is C10H10BrClO2. The summed E-state index contributed by atoms with van der Waals surface area (Å²) in [6.07, 6.45) is 0. The van der Waals surface area contributed by atoms with E-state index in [1.807, 2.05) is 0 Å². The molecule has 0 aromatic heterocycles. The predicted octanol–water partition coefficient (Wildman–Crippen LogP) is 3.16. The van der Waals surface area contributed by atoms with E-state index in [1.54, 1.807) is 18.2 Å². The molecule has 0 aliphatic heterocycles. The van der Waals surface area contributed by atoms with Crippen molar-refractivity contribution in [3.63, 3.8) is 0 Å². The standard InChI is InChI=1S/C10H10BrClO2/c1-6(13)10(11)8-3-2-7(5-12)4-9(8)14/h2-4,10,14H,5H2,1H3. The third kappa shape index (κ3) is 2.49. The Morgan fingerprint density at radius 3 is 2.71 bits per heavy atom. The van der Waals surface area contributed by atoms with Crippen LogP contribution in [-0.4, -0.2) is 10.9 Å². The van der Waals surface area contributed by atoms with Crippen LogP contribution in [0.15, 0.2) is 18.2 Å². The molecule has 76 valence electrons. The fourth-order valence-electron chi connectivity index (χ4n) is 1.11. The maximum atomic E-state index is 11.1. The van der Waals surface area contributed by atoms with E-state index in [0.29, 0.717) is 11.4 Å². The molecule has 0 saturated heterocycles. The van der Waals surface area contributed by atoms with E-state index in [-0.39, 0.29) is 11.5 Å². The summed E-state index contributed by atoms with van der Waals surface area (Å²) in [6, 6.07) is 5.06. The van der Waals surface area contributed by atoms with Crippen molar-refractivity contribution in [1.29, 1.82) is 0 Å². The monoisotopic (exact) mass is 276 g/mol. The number of hydrogen-bond acceptors (Lipinski definition) is 2. The van der Waals surface area contributed by atoms with Crippen molar-refractivity contribution in [3.8, 4) is 5.75 Å². The Balaban J connectivity index is 3.05. The average Bonchev–Trinajstić information content (AvgIpc) is 2.16. The molecule has 0 aliphatic carbocycles. The van der Waals surface area contributed by atoms with Crippen LogP contribution in [0, 0.1) is 0 Å². The van der Waals surface area contributed by atoms with Gasteiger partial charge in [0.25, 0.3) is 0 Å². The maximum absolute atomic E-state index is 11.1. The van der Waals surface area contributed by atoms with Crippen LogP contribution in [0.4, 0.5) is 0 Å². The number of benzene rings is 1. The lowest BCUT2D eigenvalue weighted by Gasteiger charge is -2.09. The molecule has 0 saturated carbocycles. The first-order chi connectivity index (χ1) is 6.56. The summed E-state index contributed by atoms with van der Waals surface area (Å²) in [5, 5.41) is 9.60. The SMILES string of the molecule is CC(=O)C(Br)c1ccc(CCl)cc1O. The van der Waals surface area contributed by atoms with E-state index in [4.69, 9.17) is 11.6 Å². The molecular weight excluding hydrogens is 267 g/mol. The number of aromatic hydroxyl groups is 1. The highest BCUT2D eigenvalue weighted by atomic mass is 79.9. The molecule has 1 aromatic rings. The minimum atomic E-state index is -0.452. The van der Waals surface area contributed by atoms with Gasteiger partial charge in [0, 0.05) is 11.4 Å². The van der Waals surface area contributed by atoms with Gasteiger partial charge < -0.3 is 5.11 Å². The number of ketones is 1. The summed E-state index contributed by atoms with van der Waals surface area (Å²) in [7, 11) is 0. The van der Waals surface area contributed by atoms with Crippen molar-refractivity contribution >= 4 is 33.3 Å². The van der Waals surface area contributed by atoms with Crippen molar-refractivity contribution in [2.75, 3.05) is 0 Å².